The smallest absolute Gasteiger partial charge is 0.355 e. The maximum absolute atomic E-state index is 13.0. The van der Waals surface area contributed by atoms with E-state index >= 15 is 0 Å². The number of nitrogens with zero attached hydrogens (tertiary/aromatic N) is 1. The Labute approximate surface area is 173 Å². The summed E-state index contributed by atoms with van der Waals surface area (Å²) in [6, 6.07) is 20.1. The van der Waals surface area contributed by atoms with E-state index in [1.54, 1.807) is 0 Å². The van der Waals surface area contributed by atoms with Gasteiger partial charge in [0.05, 0.1) is 0 Å². The summed E-state index contributed by atoms with van der Waals surface area (Å²) < 4.78 is 5.51. The van der Waals surface area contributed by atoms with Gasteiger partial charge in [0.2, 0.25) is 0 Å². The lowest BCUT2D eigenvalue weighted by Crippen LogP contribution is -2.50. The Morgan fingerprint density at radius 1 is 1.03 bits per heavy atom. The van der Waals surface area contributed by atoms with Crippen LogP contribution in [-0.4, -0.2) is 29.8 Å². The predicted octanol–water partition coefficient (Wildman–Crippen LogP) is 4.73. The van der Waals surface area contributed by atoms with E-state index < -0.39 is 5.60 Å². The molecule has 4 nitrogen and oxygen atoms in total. The molecular weight excluding hydrogens is 362 g/mol. The third-order valence-corrected chi connectivity index (χ3v) is 5.67. The lowest BCUT2D eigenvalue weighted by molar-refractivity contribution is -0.151. The van der Waals surface area contributed by atoms with E-state index in [0.717, 1.165) is 24.1 Å². The monoisotopic (exact) mass is 393 g/mol. The lowest BCUT2D eigenvalue weighted by Gasteiger charge is -2.41. The van der Waals surface area contributed by atoms with Crippen molar-refractivity contribution in [2.75, 3.05) is 18.1 Å². The molecule has 0 saturated carbocycles. The minimum Gasteiger partial charge on any atom is -0.458 e. The summed E-state index contributed by atoms with van der Waals surface area (Å²) in [6.07, 6.45) is 2.24. The fraction of sp³-hybridized carbons (Fsp3) is 0.400. The van der Waals surface area contributed by atoms with Crippen molar-refractivity contribution < 1.29 is 14.6 Å². The number of para-hydroxylation sites is 1. The Morgan fingerprint density at radius 2 is 1.66 bits per heavy atom. The zero-order valence-electron chi connectivity index (χ0n) is 17.6. The van der Waals surface area contributed by atoms with Gasteiger partial charge >= 0.3 is 5.97 Å². The van der Waals surface area contributed by atoms with Crippen LogP contribution in [0.3, 0.4) is 0 Å². The van der Waals surface area contributed by atoms with Crippen molar-refractivity contribution >= 4 is 11.7 Å². The van der Waals surface area contributed by atoms with E-state index in [9.17, 15) is 9.90 Å². The first kappa shape index (κ1) is 21.1. The summed E-state index contributed by atoms with van der Waals surface area (Å²) in [7, 11) is 0. The Kier molecular flexibility index (Phi) is 6.75. The summed E-state index contributed by atoms with van der Waals surface area (Å²) >= 11 is 0. The second-order valence-electron chi connectivity index (χ2n) is 7.96. The van der Waals surface area contributed by atoms with Gasteiger partial charge in [0.15, 0.2) is 0 Å². The van der Waals surface area contributed by atoms with Crippen LogP contribution in [0.1, 0.15) is 39.2 Å². The summed E-state index contributed by atoms with van der Waals surface area (Å²) in [4.78, 5) is 15.0. The molecule has 0 aromatic heterocycles. The maximum Gasteiger partial charge on any atom is 0.355 e. The van der Waals surface area contributed by atoms with Crippen LogP contribution in [0.15, 0.2) is 71.9 Å². The second kappa shape index (κ2) is 9.27. The minimum atomic E-state index is -1.17. The number of aliphatic hydroxyl groups is 1. The molecule has 1 aliphatic heterocycles. The molecule has 4 heteroatoms. The van der Waals surface area contributed by atoms with Gasteiger partial charge < -0.3 is 14.7 Å². The zero-order chi connectivity index (χ0) is 20.9. The largest absolute Gasteiger partial charge is 0.458 e. The number of carbonyl (C=O) groups excluding carboxylic acids is 1. The third-order valence-electron chi connectivity index (χ3n) is 5.67. The topological polar surface area (TPSA) is 49.8 Å². The highest BCUT2D eigenvalue weighted by Crippen LogP contribution is 2.38. The van der Waals surface area contributed by atoms with Gasteiger partial charge in [0.25, 0.3) is 0 Å². The summed E-state index contributed by atoms with van der Waals surface area (Å²) in [6.45, 7) is 6.73. The van der Waals surface area contributed by atoms with E-state index in [0.29, 0.717) is 18.7 Å². The molecule has 0 aliphatic carbocycles. The molecule has 29 heavy (non-hydrogen) atoms. The van der Waals surface area contributed by atoms with Crippen LogP contribution < -0.4 is 4.90 Å². The third kappa shape index (κ3) is 4.54. The number of ether oxygens (including phenoxy) is 1. The number of rotatable bonds is 8. The fourth-order valence-electron chi connectivity index (χ4n) is 3.90. The van der Waals surface area contributed by atoms with Crippen LogP contribution in [0.25, 0.3) is 0 Å². The van der Waals surface area contributed by atoms with Crippen molar-refractivity contribution in [3.05, 3.63) is 77.5 Å². The molecule has 1 aliphatic rings. The van der Waals surface area contributed by atoms with Crippen molar-refractivity contribution in [1.82, 2.24) is 0 Å². The first-order valence-corrected chi connectivity index (χ1v) is 10.5. The highest BCUT2D eigenvalue weighted by molar-refractivity contribution is 5.95. The molecule has 0 saturated heterocycles. The molecule has 0 radical (unpaired) electrons. The number of hydrogen-bond donors (Lipinski definition) is 1. The van der Waals surface area contributed by atoms with E-state index in [1.165, 1.54) is 5.56 Å². The van der Waals surface area contributed by atoms with Gasteiger partial charge in [0.1, 0.15) is 17.9 Å². The van der Waals surface area contributed by atoms with Crippen molar-refractivity contribution in [3.63, 3.8) is 0 Å². The van der Waals surface area contributed by atoms with Gasteiger partial charge in [-0.1, -0.05) is 69.3 Å². The molecule has 1 N–H and O–H groups in total. The summed E-state index contributed by atoms with van der Waals surface area (Å²) in [5, 5.41) is 11.6. The molecule has 0 fully saturated rings. The van der Waals surface area contributed by atoms with Crippen LogP contribution in [-0.2, 0) is 16.0 Å². The van der Waals surface area contributed by atoms with Gasteiger partial charge in [-0.05, 0) is 48.4 Å². The van der Waals surface area contributed by atoms with Crippen molar-refractivity contribution in [1.29, 1.82) is 0 Å². The molecule has 2 aromatic carbocycles. The van der Waals surface area contributed by atoms with Crippen LogP contribution >= 0.6 is 0 Å². The average molecular weight is 394 g/mol. The standard InChI is InChI=1S/C25H31NO3/c1-4-17-26(21-13-9-6-10-14-21)23-22(16-15-20-11-7-5-8-12-20)25(28,19(2)3)18-29-24(23)27/h5-14,19,28H,4,15-18H2,1-3H3/t25-/m1/s1. The van der Waals surface area contributed by atoms with E-state index in [1.807, 2.05) is 67.3 Å². The normalized spacial score (nSPS) is 19.4. The van der Waals surface area contributed by atoms with Gasteiger partial charge in [0, 0.05) is 12.2 Å². The Hall–Kier alpha value is -2.59. The van der Waals surface area contributed by atoms with Crippen LogP contribution in [0.2, 0.25) is 0 Å². The van der Waals surface area contributed by atoms with Crippen molar-refractivity contribution in [2.45, 2.75) is 45.6 Å². The van der Waals surface area contributed by atoms with Crippen LogP contribution in [0.4, 0.5) is 5.69 Å². The predicted molar refractivity (Wildman–Crippen MR) is 117 cm³/mol. The van der Waals surface area contributed by atoms with Crippen molar-refractivity contribution in [3.8, 4) is 0 Å². The number of esters is 1. The quantitative estimate of drug-likeness (QED) is 0.659. The molecule has 0 unspecified atom stereocenters. The molecular formula is C25H31NO3. The molecule has 1 atom stereocenters. The van der Waals surface area contributed by atoms with Gasteiger partial charge in [-0.15, -0.1) is 0 Å². The summed E-state index contributed by atoms with van der Waals surface area (Å²) in [5.74, 6) is -0.425. The first-order valence-electron chi connectivity index (χ1n) is 10.5. The first-order chi connectivity index (χ1) is 14.0. The number of aryl methyl sites for hydroxylation is 1. The van der Waals surface area contributed by atoms with Gasteiger partial charge in [-0.3, -0.25) is 0 Å². The van der Waals surface area contributed by atoms with Gasteiger partial charge in [-0.2, -0.15) is 0 Å². The molecule has 3 rings (SSSR count). The number of benzene rings is 2. The highest BCUT2D eigenvalue weighted by atomic mass is 16.5. The molecule has 0 amide bonds. The zero-order valence-corrected chi connectivity index (χ0v) is 17.6. The minimum absolute atomic E-state index is 0.00583. The van der Waals surface area contributed by atoms with Gasteiger partial charge in [-0.25, -0.2) is 4.79 Å². The summed E-state index contributed by atoms with van der Waals surface area (Å²) in [5.41, 5.74) is 2.23. The Balaban J connectivity index is 2.10. The molecule has 0 bridgehead atoms. The molecule has 154 valence electrons. The maximum atomic E-state index is 13.0. The Morgan fingerprint density at radius 3 is 2.24 bits per heavy atom. The number of carbonyl (C=O) groups is 1. The van der Waals surface area contributed by atoms with E-state index in [-0.39, 0.29) is 18.5 Å². The van der Waals surface area contributed by atoms with Crippen LogP contribution in [0, 0.1) is 5.92 Å². The van der Waals surface area contributed by atoms with Crippen molar-refractivity contribution in [2.24, 2.45) is 5.92 Å². The molecule has 2 aromatic rings. The number of anilines is 1. The SMILES string of the molecule is CCCN(C1=C(CCc2ccccc2)[C@](O)(C(C)C)COC1=O)c1ccccc1. The fourth-order valence-corrected chi connectivity index (χ4v) is 3.90. The number of hydrogen-bond acceptors (Lipinski definition) is 4. The van der Waals surface area contributed by atoms with Crippen LogP contribution in [0.5, 0.6) is 0 Å². The van der Waals surface area contributed by atoms with E-state index in [2.05, 4.69) is 19.1 Å². The van der Waals surface area contributed by atoms with E-state index in [4.69, 9.17) is 4.74 Å². The highest BCUT2D eigenvalue weighted by Gasteiger charge is 2.45. The Bertz CT molecular complexity index is 845. The average Bonchev–Trinajstić information content (AvgIpc) is 2.74. The molecule has 1 heterocycles. The second-order valence-corrected chi connectivity index (χ2v) is 7.96. The molecule has 0 spiro atoms. The number of cyclic esters (lactones) is 1. The lowest BCUT2D eigenvalue weighted by atomic mass is 9.78.